The van der Waals surface area contributed by atoms with Crippen LogP contribution in [0.4, 0.5) is 17.5 Å². The zero-order valence-electron chi connectivity index (χ0n) is 17.9. The van der Waals surface area contributed by atoms with Gasteiger partial charge in [-0.2, -0.15) is 10.5 Å². The smallest absolute Gasteiger partial charge is 0.147 e. The van der Waals surface area contributed by atoms with Crippen molar-refractivity contribution >= 4 is 35.1 Å². The van der Waals surface area contributed by atoms with Gasteiger partial charge in [0, 0.05) is 29.7 Å². The van der Waals surface area contributed by atoms with Gasteiger partial charge in [-0.1, -0.05) is 30.3 Å². The van der Waals surface area contributed by atoms with E-state index in [-0.39, 0.29) is 11.9 Å². The van der Waals surface area contributed by atoms with Crippen molar-refractivity contribution < 1.29 is 0 Å². The van der Waals surface area contributed by atoms with Gasteiger partial charge in [0.05, 0.1) is 16.8 Å². The minimum atomic E-state index is 0.0925. The maximum Gasteiger partial charge on any atom is 0.147 e. The van der Waals surface area contributed by atoms with E-state index in [0.29, 0.717) is 34.3 Å². The van der Waals surface area contributed by atoms with E-state index in [4.69, 9.17) is 27.6 Å². The van der Waals surface area contributed by atoms with Gasteiger partial charge in [-0.25, -0.2) is 9.97 Å². The van der Waals surface area contributed by atoms with Gasteiger partial charge in [-0.15, -0.1) is 0 Å². The summed E-state index contributed by atoms with van der Waals surface area (Å²) in [5.41, 5.74) is 9.27. The number of anilines is 3. The topological polar surface area (TPSA) is 115 Å². The predicted octanol–water partition coefficient (Wildman–Crippen LogP) is 4.85. The second-order valence-electron chi connectivity index (χ2n) is 7.79. The molecule has 1 saturated heterocycles. The van der Waals surface area contributed by atoms with Crippen LogP contribution in [0.25, 0.3) is 17.3 Å². The van der Waals surface area contributed by atoms with Gasteiger partial charge < -0.3 is 16.0 Å². The van der Waals surface area contributed by atoms with Gasteiger partial charge in [0.2, 0.25) is 0 Å². The van der Waals surface area contributed by atoms with Crippen LogP contribution >= 0.6 is 11.6 Å². The molecule has 3 heterocycles. The van der Waals surface area contributed by atoms with Crippen LogP contribution in [0.1, 0.15) is 29.5 Å². The molecule has 0 bridgehead atoms. The zero-order valence-corrected chi connectivity index (χ0v) is 18.7. The highest BCUT2D eigenvalue weighted by Crippen LogP contribution is 2.30. The van der Waals surface area contributed by atoms with E-state index >= 15 is 0 Å². The Bertz CT molecular complexity index is 1290. The van der Waals surface area contributed by atoms with Crippen molar-refractivity contribution in [2.45, 2.75) is 18.9 Å². The number of rotatable bonds is 5. The van der Waals surface area contributed by atoms with Gasteiger partial charge in [0.1, 0.15) is 29.6 Å². The molecule has 0 saturated carbocycles. The summed E-state index contributed by atoms with van der Waals surface area (Å²) in [6.45, 7) is 5.33. The van der Waals surface area contributed by atoms with Crippen LogP contribution in [0, 0.1) is 22.7 Å². The number of nitriles is 2. The normalized spacial score (nSPS) is 15.4. The molecule has 3 N–H and O–H groups in total. The molecule has 0 aliphatic carbocycles. The largest absolute Gasteiger partial charge is 0.383 e. The minimum absolute atomic E-state index is 0.0925. The highest BCUT2D eigenvalue weighted by Gasteiger charge is 2.24. The second-order valence-corrected chi connectivity index (χ2v) is 8.22. The lowest BCUT2D eigenvalue weighted by Crippen LogP contribution is -2.43. The highest BCUT2D eigenvalue weighted by molar-refractivity contribution is 6.30. The van der Waals surface area contributed by atoms with Crippen LogP contribution in [0.3, 0.4) is 0 Å². The molecule has 4 rings (SSSR count). The van der Waals surface area contributed by atoms with Crippen LogP contribution in [0.5, 0.6) is 0 Å². The SMILES string of the molecule is C=Cc1cc(Cl)ccc1-c1ccc(C#N)c(N2CCCC(Nc3ccc(C#N)c(N)n3)C2)n1. The van der Waals surface area contributed by atoms with Crippen molar-refractivity contribution in [3.8, 4) is 23.4 Å². The minimum Gasteiger partial charge on any atom is -0.383 e. The molecule has 1 unspecified atom stereocenters. The number of nitrogens with zero attached hydrogens (tertiary/aromatic N) is 5. The average Bonchev–Trinajstić information content (AvgIpc) is 2.84. The van der Waals surface area contributed by atoms with E-state index in [2.05, 4.69) is 27.8 Å². The summed E-state index contributed by atoms with van der Waals surface area (Å²) in [7, 11) is 0. The van der Waals surface area contributed by atoms with Crippen molar-refractivity contribution in [3.05, 3.63) is 70.8 Å². The maximum atomic E-state index is 9.71. The third-order valence-electron chi connectivity index (χ3n) is 5.62. The molecule has 1 aromatic carbocycles. The number of nitrogens with one attached hydrogen (secondary N) is 1. The average molecular weight is 456 g/mol. The fourth-order valence-corrected chi connectivity index (χ4v) is 4.19. The van der Waals surface area contributed by atoms with Crippen LogP contribution in [-0.4, -0.2) is 29.1 Å². The summed E-state index contributed by atoms with van der Waals surface area (Å²) in [5, 5.41) is 22.8. The number of hydrogen-bond acceptors (Lipinski definition) is 7. The number of pyridine rings is 2. The molecule has 33 heavy (non-hydrogen) atoms. The first kappa shape index (κ1) is 22.1. The van der Waals surface area contributed by atoms with Gasteiger partial charge in [0.15, 0.2) is 0 Å². The van der Waals surface area contributed by atoms with E-state index in [0.717, 1.165) is 36.2 Å². The lowest BCUT2D eigenvalue weighted by Gasteiger charge is -2.34. The van der Waals surface area contributed by atoms with E-state index in [1.807, 2.05) is 30.3 Å². The monoisotopic (exact) mass is 455 g/mol. The van der Waals surface area contributed by atoms with E-state index in [1.54, 1.807) is 24.3 Å². The van der Waals surface area contributed by atoms with Crippen molar-refractivity contribution in [1.29, 1.82) is 10.5 Å². The second kappa shape index (κ2) is 9.60. The molecule has 0 spiro atoms. The number of benzene rings is 1. The molecule has 1 fully saturated rings. The number of halogens is 1. The Labute approximate surface area is 197 Å². The van der Waals surface area contributed by atoms with E-state index in [1.165, 1.54) is 0 Å². The van der Waals surface area contributed by atoms with Crippen molar-refractivity contribution in [3.63, 3.8) is 0 Å². The number of nitrogens with two attached hydrogens (primary N) is 1. The third-order valence-corrected chi connectivity index (χ3v) is 5.86. The summed E-state index contributed by atoms with van der Waals surface area (Å²) >= 11 is 6.14. The summed E-state index contributed by atoms with van der Waals surface area (Å²) in [4.78, 5) is 11.3. The summed E-state index contributed by atoms with van der Waals surface area (Å²) in [5.74, 6) is 1.48. The number of aromatic nitrogens is 2. The van der Waals surface area contributed by atoms with Crippen LogP contribution in [0.2, 0.25) is 5.02 Å². The molecule has 7 nitrogen and oxygen atoms in total. The van der Waals surface area contributed by atoms with Gasteiger partial charge in [-0.05, 0) is 54.8 Å². The van der Waals surface area contributed by atoms with E-state index in [9.17, 15) is 5.26 Å². The Balaban J connectivity index is 1.61. The quantitative estimate of drug-likeness (QED) is 0.565. The number of hydrogen-bond donors (Lipinski definition) is 2. The van der Waals surface area contributed by atoms with Gasteiger partial charge >= 0.3 is 0 Å². The van der Waals surface area contributed by atoms with Crippen LogP contribution in [-0.2, 0) is 0 Å². The fourth-order valence-electron chi connectivity index (χ4n) is 4.01. The standard InChI is InChI=1S/C25H22ClN7/c1-2-16-12-19(26)7-8-21(16)22-9-5-18(14-28)25(31-22)33-11-3-4-20(15-33)30-23-10-6-17(13-27)24(29)32-23/h2,5-10,12,20H,1,3-4,11,15H2,(H3,29,30,32). The Kier molecular flexibility index (Phi) is 6.44. The Morgan fingerprint density at radius 3 is 2.64 bits per heavy atom. The summed E-state index contributed by atoms with van der Waals surface area (Å²) < 4.78 is 0. The molecule has 8 heteroatoms. The first-order valence-electron chi connectivity index (χ1n) is 10.5. The first-order chi connectivity index (χ1) is 16.0. The zero-order chi connectivity index (χ0) is 23.4. The number of piperidine rings is 1. The van der Waals surface area contributed by atoms with E-state index < -0.39 is 0 Å². The highest BCUT2D eigenvalue weighted by atomic mass is 35.5. The van der Waals surface area contributed by atoms with Crippen molar-refractivity contribution in [1.82, 2.24) is 9.97 Å². The molecule has 1 atom stereocenters. The maximum absolute atomic E-state index is 9.71. The van der Waals surface area contributed by atoms with Crippen molar-refractivity contribution in [2.75, 3.05) is 29.0 Å². The van der Waals surface area contributed by atoms with Crippen LogP contribution in [0.15, 0.2) is 49.0 Å². The molecule has 1 aliphatic rings. The van der Waals surface area contributed by atoms with Gasteiger partial charge in [0.25, 0.3) is 0 Å². The number of nitrogen functional groups attached to an aromatic ring is 1. The Morgan fingerprint density at radius 2 is 1.91 bits per heavy atom. The molecule has 164 valence electrons. The molecule has 0 radical (unpaired) electrons. The third kappa shape index (κ3) is 4.74. The lowest BCUT2D eigenvalue weighted by atomic mass is 10.0. The molecule has 1 aliphatic heterocycles. The van der Waals surface area contributed by atoms with Gasteiger partial charge in [-0.3, -0.25) is 0 Å². The van der Waals surface area contributed by atoms with Crippen LogP contribution < -0.4 is 16.0 Å². The first-order valence-corrected chi connectivity index (χ1v) is 10.9. The summed E-state index contributed by atoms with van der Waals surface area (Å²) in [6.07, 6.45) is 3.62. The molecular formula is C25H22ClN7. The molecule has 3 aromatic rings. The lowest BCUT2D eigenvalue weighted by molar-refractivity contribution is 0.525. The molecule has 2 aromatic heterocycles. The Hall–Kier alpha value is -4.07. The van der Waals surface area contributed by atoms with Crippen molar-refractivity contribution in [2.24, 2.45) is 0 Å². The molecule has 0 amide bonds. The Morgan fingerprint density at radius 1 is 1.12 bits per heavy atom. The molecular weight excluding hydrogens is 434 g/mol. The summed E-state index contributed by atoms with van der Waals surface area (Å²) in [6, 6.07) is 17.0. The predicted molar refractivity (Wildman–Crippen MR) is 132 cm³/mol. The fraction of sp³-hybridized carbons (Fsp3) is 0.200.